The number of carbonyl (C=O) groups is 1. The molecule has 0 radical (unpaired) electrons. The van der Waals surface area contributed by atoms with E-state index < -0.39 is 5.54 Å². The quantitative estimate of drug-likeness (QED) is 0.722. The first-order chi connectivity index (χ1) is 8.04. The van der Waals surface area contributed by atoms with Crippen LogP contribution in [0.5, 0.6) is 0 Å². The predicted molar refractivity (Wildman–Crippen MR) is 66.9 cm³/mol. The number of hydrogen-bond donors (Lipinski definition) is 1. The van der Waals surface area contributed by atoms with Gasteiger partial charge in [0.15, 0.2) is 0 Å². The van der Waals surface area contributed by atoms with Gasteiger partial charge in [0.2, 0.25) is 0 Å². The number of esters is 1. The number of ether oxygens (including phenoxy) is 2. The van der Waals surface area contributed by atoms with E-state index in [2.05, 4.69) is 19.2 Å². The van der Waals surface area contributed by atoms with Crippen LogP contribution in [-0.2, 0) is 14.3 Å². The summed E-state index contributed by atoms with van der Waals surface area (Å²) >= 11 is 0. The average molecular weight is 243 g/mol. The van der Waals surface area contributed by atoms with Crippen LogP contribution in [0, 0.1) is 5.92 Å². The van der Waals surface area contributed by atoms with Gasteiger partial charge in [-0.05, 0) is 25.3 Å². The lowest BCUT2D eigenvalue weighted by molar-refractivity contribution is -0.148. The van der Waals surface area contributed by atoms with Crippen molar-refractivity contribution in [2.75, 3.05) is 20.3 Å². The van der Waals surface area contributed by atoms with Crippen molar-refractivity contribution in [1.29, 1.82) is 0 Å². The molecule has 2 unspecified atom stereocenters. The number of hydrogen-bond acceptors (Lipinski definition) is 4. The van der Waals surface area contributed by atoms with Crippen LogP contribution in [0.2, 0.25) is 0 Å². The maximum absolute atomic E-state index is 11.9. The molecule has 0 bridgehead atoms. The van der Waals surface area contributed by atoms with Gasteiger partial charge in [-0.3, -0.25) is 4.79 Å². The number of carbonyl (C=O) groups excluding carboxylic acids is 1. The summed E-state index contributed by atoms with van der Waals surface area (Å²) in [6.45, 7) is 7.80. The maximum Gasteiger partial charge on any atom is 0.326 e. The zero-order chi connectivity index (χ0) is 12.9. The molecule has 1 N–H and O–H groups in total. The highest BCUT2D eigenvalue weighted by molar-refractivity contribution is 5.81. The molecule has 4 nitrogen and oxygen atoms in total. The van der Waals surface area contributed by atoms with Crippen LogP contribution in [0.3, 0.4) is 0 Å². The van der Waals surface area contributed by atoms with Gasteiger partial charge in [-0.2, -0.15) is 0 Å². The highest BCUT2D eigenvalue weighted by Gasteiger charge is 2.46. The van der Waals surface area contributed by atoms with Gasteiger partial charge in [-0.15, -0.1) is 0 Å². The smallest absolute Gasteiger partial charge is 0.326 e. The number of methoxy groups -OCH3 is 1. The first kappa shape index (κ1) is 14.5. The van der Waals surface area contributed by atoms with Crippen molar-refractivity contribution in [3.05, 3.63) is 0 Å². The van der Waals surface area contributed by atoms with Crippen LogP contribution >= 0.6 is 0 Å². The molecule has 0 saturated heterocycles. The Morgan fingerprint density at radius 2 is 2.24 bits per heavy atom. The maximum atomic E-state index is 11.9. The van der Waals surface area contributed by atoms with Crippen molar-refractivity contribution in [2.45, 2.75) is 51.7 Å². The molecule has 0 aromatic rings. The molecule has 1 saturated carbocycles. The minimum atomic E-state index is -0.523. The molecule has 0 aromatic heterocycles. The molecule has 17 heavy (non-hydrogen) atoms. The summed E-state index contributed by atoms with van der Waals surface area (Å²) < 4.78 is 10.7. The normalized spacial score (nSPS) is 28.6. The van der Waals surface area contributed by atoms with Crippen molar-refractivity contribution >= 4 is 5.97 Å². The Kier molecular flexibility index (Phi) is 5.40. The van der Waals surface area contributed by atoms with Gasteiger partial charge in [0.05, 0.1) is 13.2 Å². The number of likely N-dealkylation sites (N-methyl/N-ethyl adjacent to an activating group) is 1. The lowest BCUT2D eigenvalue weighted by Crippen LogP contribution is -2.51. The van der Waals surface area contributed by atoms with E-state index >= 15 is 0 Å². The average Bonchev–Trinajstić information content (AvgIpc) is 2.71. The molecule has 4 heteroatoms. The number of nitrogens with one attached hydrogen (secondary N) is 1. The summed E-state index contributed by atoms with van der Waals surface area (Å²) in [7, 11) is 1.45. The Hall–Kier alpha value is -0.610. The first-order valence-electron chi connectivity index (χ1n) is 6.49. The van der Waals surface area contributed by atoms with Crippen molar-refractivity contribution in [1.82, 2.24) is 5.32 Å². The fourth-order valence-corrected chi connectivity index (χ4v) is 2.42. The van der Waals surface area contributed by atoms with E-state index in [4.69, 9.17) is 9.47 Å². The topological polar surface area (TPSA) is 47.6 Å². The Morgan fingerprint density at radius 3 is 2.76 bits per heavy atom. The van der Waals surface area contributed by atoms with Crippen molar-refractivity contribution < 1.29 is 14.3 Å². The molecule has 0 aromatic carbocycles. The molecule has 0 amide bonds. The van der Waals surface area contributed by atoms with Gasteiger partial charge in [0, 0.05) is 13.0 Å². The Morgan fingerprint density at radius 1 is 1.53 bits per heavy atom. The molecule has 1 aliphatic carbocycles. The summed E-state index contributed by atoms with van der Waals surface area (Å²) in [5.41, 5.74) is -0.523. The standard InChI is InChI=1S/C13H25NO3/c1-5-14-13(12(15)16-4)7-6-11(8-13)17-9-10(2)3/h10-11,14H,5-9H2,1-4H3. The molecular weight excluding hydrogens is 218 g/mol. The lowest BCUT2D eigenvalue weighted by Gasteiger charge is -2.27. The first-order valence-corrected chi connectivity index (χ1v) is 6.49. The molecule has 2 atom stereocenters. The van der Waals surface area contributed by atoms with Gasteiger partial charge < -0.3 is 14.8 Å². The third kappa shape index (κ3) is 3.68. The third-order valence-electron chi connectivity index (χ3n) is 3.23. The van der Waals surface area contributed by atoms with Crippen molar-refractivity contribution in [3.8, 4) is 0 Å². The highest BCUT2D eigenvalue weighted by Crippen LogP contribution is 2.33. The van der Waals surface area contributed by atoms with Crippen LogP contribution < -0.4 is 5.32 Å². The summed E-state index contributed by atoms with van der Waals surface area (Å²) in [5, 5.41) is 3.27. The Balaban J connectivity index is 2.55. The molecule has 1 rings (SSSR count). The summed E-state index contributed by atoms with van der Waals surface area (Å²) in [6, 6.07) is 0. The number of rotatable bonds is 6. The summed E-state index contributed by atoms with van der Waals surface area (Å²) in [4.78, 5) is 11.9. The highest BCUT2D eigenvalue weighted by atomic mass is 16.5. The monoisotopic (exact) mass is 243 g/mol. The van der Waals surface area contributed by atoms with Crippen LogP contribution in [0.15, 0.2) is 0 Å². The van der Waals surface area contributed by atoms with E-state index in [1.54, 1.807) is 0 Å². The van der Waals surface area contributed by atoms with E-state index in [0.717, 1.165) is 32.4 Å². The van der Waals surface area contributed by atoms with E-state index in [-0.39, 0.29) is 12.1 Å². The Labute approximate surface area is 104 Å². The summed E-state index contributed by atoms with van der Waals surface area (Å²) in [5.74, 6) is 0.372. The largest absolute Gasteiger partial charge is 0.468 e. The van der Waals surface area contributed by atoms with Crippen LogP contribution in [0.1, 0.15) is 40.0 Å². The molecule has 0 aliphatic heterocycles. The SMILES string of the molecule is CCNC1(C(=O)OC)CCC(OCC(C)C)C1. The second-order valence-corrected chi connectivity index (χ2v) is 5.20. The molecular formula is C13H25NO3. The molecule has 100 valence electrons. The van der Waals surface area contributed by atoms with Crippen molar-refractivity contribution in [2.24, 2.45) is 5.92 Å². The fourth-order valence-electron chi connectivity index (χ4n) is 2.42. The predicted octanol–water partition coefficient (Wildman–Crippen LogP) is 1.73. The van der Waals surface area contributed by atoms with Gasteiger partial charge in [0.25, 0.3) is 0 Å². The third-order valence-corrected chi connectivity index (χ3v) is 3.23. The minimum absolute atomic E-state index is 0.157. The van der Waals surface area contributed by atoms with E-state index in [9.17, 15) is 4.79 Å². The van der Waals surface area contributed by atoms with Crippen LogP contribution in [0.4, 0.5) is 0 Å². The van der Waals surface area contributed by atoms with Gasteiger partial charge in [-0.1, -0.05) is 20.8 Å². The van der Waals surface area contributed by atoms with Gasteiger partial charge in [-0.25, -0.2) is 0 Å². The Bertz CT molecular complexity index is 255. The fraction of sp³-hybridized carbons (Fsp3) is 0.923. The van der Waals surface area contributed by atoms with E-state index in [0.29, 0.717) is 5.92 Å². The van der Waals surface area contributed by atoms with Crippen molar-refractivity contribution in [3.63, 3.8) is 0 Å². The molecule has 0 spiro atoms. The van der Waals surface area contributed by atoms with Crippen LogP contribution in [-0.4, -0.2) is 37.9 Å². The van der Waals surface area contributed by atoms with Gasteiger partial charge in [0.1, 0.15) is 5.54 Å². The second kappa shape index (κ2) is 6.36. The lowest BCUT2D eigenvalue weighted by atomic mass is 9.97. The van der Waals surface area contributed by atoms with Gasteiger partial charge >= 0.3 is 5.97 Å². The second-order valence-electron chi connectivity index (χ2n) is 5.20. The zero-order valence-corrected chi connectivity index (χ0v) is 11.4. The van der Waals surface area contributed by atoms with E-state index in [1.807, 2.05) is 6.92 Å². The summed E-state index contributed by atoms with van der Waals surface area (Å²) in [6.07, 6.45) is 2.63. The molecule has 1 fully saturated rings. The van der Waals surface area contributed by atoms with Crippen LogP contribution in [0.25, 0.3) is 0 Å². The molecule has 1 aliphatic rings. The van der Waals surface area contributed by atoms with E-state index in [1.165, 1.54) is 7.11 Å². The minimum Gasteiger partial charge on any atom is -0.468 e. The molecule has 0 heterocycles. The zero-order valence-electron chi connectivity index (χ0n) is 11.4.